The number of hydrogen-bond donors (Lipinski definition) is 2. The van der Waals surface area contributed by atoms with E-state index < -0.39 is 24.7 Å². The van der Waals surface area contributed by atoms with Crippen molar-refractivity contribution in [1.82, 2.24) is 10.2 Å². The third kappa shape index (κ3) is 4.79. The molecule has 1 saturated heterocycles. The summed E-state index contributed by atoms with van der Waals surface area (Å²) in [5.74, 6) is -0.634. The van der Waals surface area contributed by atoms with Gasteiger partial charge in [0.1, 0.15) is 6.54 Å². The van der Waals surface area contributed by atoms with Gasteiger partial charge in [0, 0.05) is 19.6 Å². The monoisotopic (exact) mass is 269 g/mol. The van der Waals surface area contributed by atoms with Crippen LogP contribution < -0.4 is 11.1 Å². The maximum absolute atomic E-state index is 12.0. The molecular weight excluding hydrogens is 251 g/mol. The fourth-order valence-corrected chi connectivity index (χ4v) is 1.74. The first-order valence-corrected chi connectivity index (χ1v) is 5.73. The number of rotatable bonds is 4. The van der Waals surface area contributed by atoms with E-state index in [1.807, 2.05) is 5.32 Å². The molecule has 2 unspecified atom stereocenters. The molecule has 2 atom stereocenters. The first-order valence-electron chi connectivity index (χ1n) is 5.73. The molecule has 0 aromatic carbocycles. The van der Waals surface area contributed by atoms with Crippen LogP contribution in [0.5, 0.6) is 0 Å². The minimum Gasteiger partial charge on any atom is -0.374 e. The molecular formula is C10H18F3N3O2. The topological polar surface area (TPSA) is 67.6 Å². The van der Waals surface area contributed by atoms with Crippen molar-refractivity contribution in [2.45, 2.75) is 25.2 Å². The predicted molar refractivity (Wildman–Crippen MR) is 58.9 cm³/mol. The largest absolute Gasteiger partial charge is 0.405 e. The molecule has 1 heterocycles. The smallest absolute Gasteiger partial charge is 0.374 e. The summed E-state index contributed by atoms with van der Waals surface area (Å²) in [4.78, 5) is 13.3. The molecule has 106 valence electrons. The number of hydrogen-bond acceptors (Lipinski definition) is 4. The highest BCUT2D eigenvalue weighted by Crippen LogP contribution is 2.13. The number of ether oxygens (including phenoxy) is 1. The summed E-state index contributed by atoms with van der Waals surface area (Å²) >= 11 is 0. The summed E-state index contributed by atoms with van der Waals surface area (Å²) in [6, 6.07) is -0.620. The van der Waals surface area contributed by atoms with Crippen molar-refractivity contribution < 1.29 is 22.7 Å². The van der Waals surface area contributed by atoms with Crippen LogP contribution in [0, 0.1) is 0 Å². The quantitative estimate of drug-likeness (QED) is 0.736. The lowest BCUT2D eigenvalue weighted by molar-refractivity contribution is -0.143. The molecule has 0 radical (unpaired) electrons. The Morgan fingerprint density at radius 2 is 2.28 bits per heavy atom. The van der Waals surface area contributed by atoms with Crippen LogP contribution in [0.1, 0.15) is 6.92 Å². The van der Waals surface area contributed by atoms with Gasteiger partial charge < -0.3 is 15.8 Å². The van der Waals surface area contributed by atoms with Crippen molar-refractivity contribution >= 4 is 5.91 Å². The molecule has 0 saturated carbocycles. The molecule has 18 heavy (non-hydrogen) atoms. The van der Waals surface area contributed by atoms with E-state index in [-0.39, 0.29) is 6.10 Å². The van der Waals surface area contributed by atoms with Crippen LogP contribution in [0.25, 0.3) is 0 Å². The van der Waals surface area contributed by atoms with E-state index in [0.717, 1.165) is 0 Å². The van der Waals surface area contributed by atoms with Gasteiger partial charge in [0.2, 0.25) is 5.91 Å². The van der Waals surface area contributed by atoms with Crippen molar-refractivity contribution in [1.29, 1.82) is 0 Å². The number of nitrogens with one attached hydrogen (secondary N) is 1. The number of amides is 1. The van der Waals surface area contributed by atoms with E-state index in [2.05, 4.69) is 0 Å². The second-order valence-electron chi connectivity index (χ2n) is 4.23. The molecule has 0 spiro atoms. The molecule has 1 fully saturated rings. The third-order valence-corrected chi connectivity index (χ3v) is 2.82. The number of alkyl halides is 3. The summed E-state index contributed by atoms with van der Waals surface area (Å²) in [5, 5.41) is 1.87. The number of carbonyl (C=O) groups excluding carboxylic acids is 1. The van der Waals surface area contributed by atoms with Gasteiger partial charge in [-0.25, -0.2) is 0 Å². The molecule has 0 aromatic heterocycles. The van der Waals surface area contributed by atoms with Gasteiger partial charge in [-0.1, -0.05) is 0 Å². The first kappa shape index (κ1) is 15.2. The van der Waals surface area contributed by atoms with E-state index >= 15 is 0 Å². The first-order chi connectivity index (χ1) is 8.33. The fourth-order valence-electron chi connectivity index (χ4n) is 1.74. The van der Waals surface area contributed by atoms with Crippen LogP contribution in [-0.2, 0) is 9.53 Å². The Balaban J connectivity index is 2.42. The average molecular weight is 269 g/mol. The molecule has 1 aliphatic heterocycles. The van der Waals surface area contributed by atoms with Crippen LogP contribution in [0.4, 0.5) is 13.2 Å². The molecule has 1 rings (SSSR count). The van der Waals surface area contributed by atoms with Gasteiger partial charge in [-0.15, -0.1) is 0 Å². The fraction of sp³-hybridized carbons (Fsp3) is 0.900. The highest BCUT2D eigenvalue weighted by molar-refractivity contribution is 5.81. The minimum absolute atomic E-state index is 0.170. The minimum atomic E-state index is -4.39. The van der Waals surface area contributed by atoms with Gasteiger partial charge in [-0.05, 0) is 6.92 Å². The Kier molecular flexibility index (Phi) is 5.36. The Morgan fingerprint density at radius 1 is 1.61 bits per heavy atom. The molecule has 0 bridgehead atoms. The average Bonchev–Trinajstić information content (AvgIpc) is 2.34. The molecule has 3 N–H and O–H groups in total. The second kappa shape index (κ2) is 6.35. The zero-order valence-corrected chi connectivity index (χ0v) is 10.2. The van der Waals surface area contributed by atoms with E-state index in [1.54, 1.807) is 11.8 Å². The van der Waals surface area contributed by atoms with E-state index in [0.29, 0.717) is 26.2 Å². The van der Waals surface area contributed by atoms with Crippen LogP contribution in [-0.4, -0.2) is 61.9 Å². The summed E-state index contributed by atoms with van der Waals surface area (Å²) in [6.07, 6.45) is -4.56. The normalized spacial score (nSPS) is 23.7. The highest BCUT2D eigenvalue weighted by Gasteiger charge is 2.31. The number of halogens is 3. The van der Waals surface area contributed by atoms with E-state index in [4.69, 9.17) is 10.5 Å². The lowest BCUT2D eigenvalue weighted by Gasteiger charge is -2.35. The molecule has 8 heteroatoms. The highest BCUT2D eigenvalue weighted by atomic mass is 19.4. The standard InChI is InChI=1S/C10H18F3N3O2/c1-7(9(17)15-6-10(11,12)13)16-2-3-18-8(4-14)5-16/h7-8H,2-6,14H2,1H3,(H,15,17). The van der Waals surface area contributed by atoms with E-state index in [1.165, 1.54) is 0 Å². The molecule has 0 aromatic rings. The van der Waals surface area contributed by atoms with Gasteiger partial charge in [-0.3, -0.25) is 9.69 Å². The summed E-state index contributed by atoms with van der Waals surface area (Å²) < 4.78 is 41.2. The number of nitrogens with two attached hydrogens (primary N) is 1. The lowest BCUT2D eigenvalue weighted by Crippen LogP contribution is -2.54. The van der Waals surface area contributed by atoms with Crippen molar-refractivity contribution in [2.24, 2.45) is 5.73 Å². The Labute approximate surface area is 103 Å². The maximum Gasteiger partial charge on any atom is 0.405 e. The van der Waals surface area contributed by atoms with Crippen molar-refractivity contribution in [3.8, 4) is 0 Å². The van der Waals surface area contributed by atoms with Gasteiger partial charge in [0.05, 0.1) is 18.8 Å². The Morgan fingerprint density at radius 3 is 2.83 bits per heavy atom. The van der Waals surface area contributed by atoms with E-state index in [9.17, 15) is 18.0 Å². The van der Waals surface area contributed by atoms with Crippen LogP contribution in [0.3, 0.4) is 0 Å². The third-order valence-electron chi connectivity index (χ3n) is 2.82. The van der Waals surface area contributed by atoms with Gasteiger partial charge in [-0.2, -0.15) is 13.2 Å². The zero-order chi connectivity index (χ0) is 13.8. The number of morpholine rings is 1. The molecule has 1 amide bonds. The Hall–Kier alpha value is -0.860. The van der Waals surface area contributed by atoms with Gasteiger partial charge in [0.15, 0.2) is 0 Å². The summed E-state index contributed by atoms with van der Waals surface area (Å²) in [6.45, 7) is 1.99. The van der Waals surface area contributed by atoms with Crippen molar-refractivity contribution in [3.05, 3.63) is 0 Å². The molecule has 5 nitrogen and oxygen atoms in total. The second-order valence-corrected chi connectivity index (χ2v) is 4.23. The molecule has 0 aliphatic carbocycles. The summed E-state index contributed by atoms with van der Waals surface area (Å²) in [7, 11) is 0. The van der Waals surface area contributed by atoms with Crippen molar-refractivity contribution in [2.75, 3.05) is 32.8 Å². The van der Waals surface area contributed by atoms with Gasteiger partial charge in [0.25, 0.3) is 0 Å². The predicted octanol–water partition coefficient (Wildman–Crippen LogP) is -0.287. The maximum atomic E-state index is 12.0. The van der Waals surface area contributed by atoms with Gasteiger partial charge >= 0.3 is 6.18 Å². The number of nitrogens with zero attached hydrogens (tertiary/aromatic N) is 1. The summed E-state index contributed by atoms with van der Waals surface area (Å²) in [5.41, 5.74) is 5.46. The number of carbonyl (C=O) groups is 1. The SMILES string of the molecule is CC(C(=O)NCC(F)(F)F)N1CCOC(CN)C1. The lowest BCUT2D eigenvalue weighted by atomic mass is 10.2. The zero-order valence-electron chi connectivity index (χ0n) is 10.2. The van der Waals surface area contributed by atoms with Crippen LogP contribution in [0.15, 0.2) is 0 Å². The van der Waals surface area contributed by atoms with Crippen LogP contribution in [0.2, 0.25) is 0 Å². The Bertz CT molecular complexity index is 286. The van der Waals surface area contributed by atoms with Crippen LogP contribution >= 0.6 is 0 Å². The van der Waals surface area contributed by atoms with Crippen molar-refractivity contribution in [3.63, 3.8) is 0 Å². The molecule has 1 aliphatic rings.